The molecule has 2 rings (SSSR count). The van der Waals surface area contributed by atoms with Crippen molar-refractivity contribution in [3.05, 3.63) is 65.7 Å². The topological polar surface area (TPSA) is 18.5 Å². The molecule has 0 aliphatic heterocycles. The van der Waals surface area contributed by atoms with Crippen LogP contribution in [-0.2, 0) is 11.3 Å². The van der Waals surface area contributed by atoms with E-state index in [2.05, 4.69) is 0 Å². The van der Waals surface area contributed by atoms with Gasteiger partial charge in [-0.15, -0.1) is 0 Å². The fourth-order valence-corrected chi connectivity index (χ4v) is 1.99. The quantitative estimate of drug-likeness (QED) is 0.755. The van der Waals surface area contributed by atoms with E-state index in [0.29, 0.717) is 17.9 Å². The van der Waals surface area contributed by atoms with Crippen molar-refractivity contribution in [2.24, 2.45) is 0 Å². The minimum Gasteiger partial charge on any atom is -0.489 e. The largest absolute Gasteiger partial charge is 0.489 e. The molecule has 0 bridgehead atoms. The lowest BCUT2D eigenvalue weighted by Gasteiger charge is -2.18. The maximum atomic E-state index is 12.2. The minimum absolute atomic E-state index is 0.351. The predicted octanol–water partition coefficient (Wildman–Crippen LogP) is 4.91. The first-order valence-electron chi connectivity index (χ1n) is 6.90. The van der Waals surface area contributed by atoms with Crippen molar-refractivity contribution in [3.8, 4) is 5.75 Å². The lowest BCUT2D eigenvalue weighted by Crippen LogP contribution is -2.18. The Morgan fingerprint density at radius 2 is 1.59 bits per heavy atom. The molecule has 118 valence electrons. The predicted molar refractivity (Wildman–Crippen MR) is 77.6 cm³/mol. The second-order valence-electron chi connectivity index (χ2n) is 4.88. The summed E-state index contributed by atoms with van der Waals surface area (Å²) in [5, 5.41) is 0. The van der Waals surface area contributed by atoms with Crippen LogP contribution in [0.15, 0.2) is 54.6 Å². The zero-order valence-corrected chi connectivity index (χ0v) is 12.1. The summed E-state index contributed by atoms with van der Waals surface area (Å²) in [6.45, 7) is 0.654. The normalized spacial score (nSPS) is 12.9. The summed E-state index contributed by atoms with van der Waals surface area (Å²) in [6.07, 6.45) is -5.04. The molecule has 2 aromatic rings. The SMILES string of the molecule is CC(OCC(F)(F)F)c1ccccc1OCc1ccccc1. The van der Waals surface area contributed by atoms with Crippen molar-refractivity contribution in [2.75, 3.05) is 6.61 Å². The maximum absolute atomic E-state index is 12.2. The molecule has 0 heterocycles. The van der Waals surface area contributed by atoms with Gasteiger partial charge in [0, 0.05) is 5.56 Å². The maximum Gasteiger partial charge on any atom is 0.411 e. The third-order valence-corrected chi connectivity index (χ3v) is 3.09. The Morgan fingerprint density at radius 1 is 0.955 bits per heavy atom. The van der Waals surface area contributed by atoms with E-state index in [1.165, 1.54) is 0 Å². The molecule has 5 heteroatoms. The number of hydrogen-bond acceptors (Lipinski definition) is 2. The van der Waals surface area contributed by atoms with Gasteiger partial charge < -0.3 is 9.47 Å². The highest BCUT2D eigenvalue weighted by molar-refractivity contribution is 5.35. The Bertz CT molecular complexity index is 582. The summed E-state index contributed by atoms with van der Waals surface area (Å²) in [7, 11) is 0. The number of rotatable bonds is 6. The fourth-order valence-electron chi connectivity index (χ4n) is 1.99. The zero-order chi connectivity index (χ0) is 16.0. The summed E-state index contributed by atoms with van der Waals surface area (Å²) in [5.41, 5.74) is 1.59. The first-order valence-corrected chi connectivity index (χ1v) is 6.90. The van der Waals surface area contributed by atoms with Crippen molar-refractivity contribution in [1.82, 2.24) is 0 Å². The van der Waals surface area contributed by atoms with E-state index in [1.807, 2.05) is 30.3 Å². The third-order valence-electron chi connectivity index (χ3n) is 3.09. The van der Waals surface area contributed by atoms with E-state index in [4.69, 9.17) is 9.47 Å². The van der Waals surface area contributed by atoms with E-state index in [0.717, 1.165) is 5.56 Å². The molecular weight excluding hydrogens is 293 g/mol. The van der Waals surface area contributed by atoms with E-state index in [9.17, 15) is 13.2 Å². The summed E-state index contributed by atoms with van der Waals surface area (Å²) in [4.78, 5) is 0. The van der Waals surface area contributed by atoms with Crippen LogP contribution in [0.2, 0.25) is 0 Å². The van der Waals surface area contributed by atoms with Gasteiger partial charge in [-0.05, 0) is 18.6 Å². The molecule has 1 unspecified atom stereocenters. The van der Waals surface area contributed by atoms with Gasteiger partial charge in [0.1, 0.15) is 19.0 Å². The van der Waals surface area contributed by atoms with Gasteiger partial charge >= 0.3 is 6.18 Å². The first kappa shape index (κ1) is 16.4. The van der Waals surface area contributed by atoms with E-state index >= 15 is 0 Å². The Labute approximate surface area is 127 Å². The van der Waals surface area contributed by atoms with Crippen molar-refractivity contribution in [1.29, 1.82) is 0 Å². The molecule has 0 saturated carbocycles. The van der Waals surface area contributed by atoms with Gasteiger partial charge in [-0.25, -0.2) is 0 Å². The highest BCUT2D eigenvalue weighted by atomic mass is 19.4. The second-order valence-corrected chi connectivity index (χ2v) is 4.88. The van der Waals surface area contributed by atoms with Crippen LogP contribution in [0.5, 0.6) is 5.75 Å². The van der Waals surface area contributed by atoms with Gasteiger partial charge in [0.2, 0.25) is 0 Å². The highest BCUT2D eigenvalue weighted by Crippen LogP contribution is 2.29. The average molecular weight is 310 g/mol. The molecular formula is C17H17F3O2. The first-order chi connectivity index (χ1) is 10.5. The summed E-state index contributed by atoms with van der Waals surface area (Å²) < 4.78 is 47.3. The van der Waals surface area contributed by atoms with Crippen molar-refractivity contribution >= 4 is 0 Å². The van der Waals surface area contributed by atoms with Crippen LogP contribution >= 0.6 is 0 Å². The van der Waals surface area contributed by atoms with Crippen molar-refractivity contribution < 1.29 is 22.6 Å². The molecule has 0 aromatic heterocycles. The molecule has 0 aliphatic carbocycles. The van der Waals surface area contributed by atoms with Crippen LogP contribution in [0, 0.1) is 0 Å². The second kappa shape index (κ2) is 7.31. The fraction of sp³-hybridized carbons (Fsp3) is 0.294. The van der Waals surface area contributed by atoms with Crippen LogP contribution in [0.3, 0.4) is 0 Å². The van der Waals surface area contributed by atoms with Crippen LogP contribution in [0.4, 0.5) is 13.2 Å². The lowest BCUT2D eigenvalue weighted by molar-refractivity contribution is -0.184. The molecule has 2 nitrogen and oxygen atoms in total. The smallest absolute Gasteiger partial charge is 0.411 e. The van der Waals surface area contributed by atoms with Gasteiger partial charge in [0.15, 0.2) is 0 Å². The van der Waals surface area contributed by atoms with Crippen LogP contribution in [-0.4, -0.2) is 12.8 Å². The van der Waals surface area contributed by atoms with Crippen molar-refractivity contribution in [2.45, 2.75) is 25.8 Å². The van der Waals surface area contributed by atoms with Crippen molar-refractivity contribution in [3.63, 3.8) is 0 Å². The minimum atomic E-state index is -4.34. The molecule has 0 fully saturated rings. The van der Waals surface area contributed by atoms with Crippen LogP contribution in [0.1, 0.15) is 24.2 Å². The summed E-state index contributed by atoms with van der Waals surface area (Å²) in [5.74, 6) is 0.529. The molecule has 0 radical (unpaired) electrons. The highest BCUT2D eigenvalue weighted by Gasteiger charge is 2.29. The van der Waals surface area contributed by atoms with Gasteiger partial charge in [-0.2, -0.15) is 13.2 Å². The van der Waals surface area contributed by atoms with Gasteiger partial charge in [-0.3, -0.25) is 0 Å². The Balaban J connectivity index is 2.03. The number of para-hydroxylation sites is 1. The summed E-state index contributed by atoms with van der Waals surface area (Å²) in [6, 6.07) is 16.5. The van der Waals surface area contributed by atoms with E-state index in [-0.39, 0.29) is 0 Å². The molecule has 1 atom stereocenters. The molecule has 0 aliphatic rings. The Kier molecular flexibility index (Phi) is 5.44. The number of alkyl halides is 3. The Morgan fingerprint density at radius 3 is 2.27 bits per heavy atom. The average Bonchev–Trinajstić information content (AvgIpc) is 2.51. The molecule has 2 aromatic carbocycles. The number of ether oxygens (including phenoxy) is 2. The number of halogens is 3. The third kappa shape index (κ3) is 5.07. The molecule has 0 N–H and O–H groups in total. The van der Waals surface area contributed by atoms with Crippen LogP contribution < -0.4 is 4.74 Å². The zero-order valence-electron chi connectivity index (χ0n) is 12.1. The van der Waals surface area contributed by atoms with Crippen LogP contribution in [0.25, 0.3) is 0 Å². The molecule has 0 spiro atoms. The number of hydrogen-bond donors (Lipinski definition) is 0. The van der Waals surface area contributed by atoms with Gasteiger partial charge in [0.05, 0.1) is 6.10 Å². The Hall–Kier alpha value is -2.01. The van der Waals surface area contributed by atoms with Gasteiger partial charge in [-0.1, -0.05) is 48.5 Å². The van der Waals surface area contributed by atoms with E-state index < -0.39 is 18.9 Å². The molecule has 0 amide bonds. The standard InChI is InChI=1S/C17H17F3O2/c1-13(22-12-17(18,19)20)15-9-5-6-10-16(15)21-11-14-7-3-2-4-8-14/h2-10,13H,11-12H2,1H3. The molecule has 0 saturated heterocycles. The van der Waals surface area contributed by atoms with E-state index in [1.54, 1.807) is 31.2 Å². The molecule has 22 heavy (non-hydrogen) atoms. The number of benzene rings is 2. The lowest BCUT2D eigenvalue weighted by atomic mass is 10.1. The van der Waals surface area contributed by atoms with Gasteiger partial charge in [0.25, 0.3) is 0 Å². The monoisotopic (exact) mass is 310 g/mol. The summed E-state index contributed by atoms with van der Waals surface area (Å²) >= 11 is 0.